The third kappa shape index (κ3) is 7.31. The molecule has 0 unspecified atom stereocenters. The Morgan fingerprint density at radius 2 is 1.52 bits per heavy atom. The summed E-state index contributed by atoms with van der Waals surface area (Å²) in [6, 6.07) is 14.6. The van der Waals surface area contributed by atoms with Gasteiger partial charge in [-0.1, -0.05) is 38.1 Å². The van der Waals surface area contributed by atoms with Crippen LogP contribution in [0.3, 0.4) is 0 Å². The number of ether oxygens (including phenoxy) is 2. The van der Waals surface area contributed by atoms with Gasteiger partial charge in [-0.25, -0.2) is 0 Å². The fourth-order valence-corrected chi connectivity index (χ4v) is 3.03. The zero-order chi connectivity index (χ0) is 22.8. The second-order valence-electron chi connectivity index (χ2n) is 7.65. The Labute approximate surface area is 185 Å². The summed E-state index contributed by atoms with van der Waals surface area (Å²) in [4.78, 5) is 27.3. The molecule has 0 heterocycles. The summed E-state index contributed by atoms with van der Waals surface area (Å²) < 4.78 is 10.9. The number of nitrogens with zero attached hydrogens (tertiary/aromatic N) is 1. The molecule has 6 heteroatoms. The number of aryl methyl sites for hydroxylation is 1. The maximum Gasteiger partial charge on any atom is 0.261 e. The van der Waals surface area contributed by atoms with Crippen molar-refractivity contribution in [1.82, 2.24) is 10.2 Å². The Morgan fingerprint density at radius 3 is 2.06 bits per heavy atom. The van der Waals surface area contributed by atoms with Crippen LogP contribution in [0.2, 0.25) is 0 Å². The summed E-state index contributed by atoms with van der Waals surface area (Å²) in [6.07, 6.45) is 1.76. The van der Waals surface area contributed by atoms with E-state index in [9.17, 15) is 9.59 Å². The molecular formula is C25H34N2O4. The van der Waals surface area contributed by atoms with Crippen molar-refractivity contribution in [2.24, 2.45) is 0 Å². The zero-order valence-electron chi connectivity index (χ0n) is 19.2. The molecule has 0 radical (unpaired) electrons. The second kappa shape index (κ2) is 12.0. The van der Waals surface area contributed by atoms with Gasteiger partial charge in [0, 0.05) is 12.6 Å². The van der Waals surface area contributed by atoms with Gasteiger partial charge in [0.2, 0.25) is 5.91 Å². The van der Waals surface area contributed by atoms with Gasteiger partial charge in [0.25, 0.3) is 5.91 Å². The summed E-state index contributed by atoms with van der Waals surface area (Å²) >= 11 is 0. The van der Waals surface area contributed by atoms with Crippen LogP contribution in [0.25, 0.3) is 0 Å². The molecule has 2 atom stereocenters. The lowest BCUT2D eigenvalue weighted by Gasteiger charge is -2.29. The minimum Gasteiger partial charge on any atom is -0.497 e. The molecule has 0 aliphatic carbocycles. The van der Waals surface area contributed by atoms with E-state index in [2.05, 4.69) is 12.2 Å². The number of hydrogen-bond acceptors (Lipinski definition) is 4. The van der Waals surface area contributed by atoms with E-state index in [1.54, 1.807) is 18.9 Å². The van der Waals surface area contributed by atoms with E-state index >= 15 is 0 Å². The quantitative estimate of drug-likeness (QED) is 0.590. The number of benzene rings is 2. The molecule has 1 N–H and O–H groups in total. The molecule has 0 aliphatic heterocycles. The summed E-state index contributed by atoms with van der Waals surface area (Å²) in [7, 11) is 1.61. The number of amides is 2. The standard InChI is InChI=1S/C25H34N2O4/c1-6-18(3)26-25(29)19(4)27(16-21-10-12-22(30-5)13-11-21)24(28)17-31-23-14-8-20(7-2)9-15-23/h8-15,18-19H,6-7,16-17H2,1-5H3,(H,26,29)/t18-,19-/m1/s1. The molecular weight excluding hydrogens is 392 g/mol. The van der Waals surface area contributed by atoms with Crippen LogP contribution in [0, 0.1) is 0 Å². The van der Waals surface area contributed by atoms with Crippen LogP contribution >= 0.6 is 0 Å². The van der Waals surface area contributed by atoms with E-state index in [0.29, 0.717) is 12.3 Å². The minimum atomic E-state index is -0.630. The molecule has 0 saturated heterocycles. The van der Waals surface area contributed by atoms with Crippen molar-refractivity contribution < 1.29 is 19.1 Å². The van der Waals surface area contributed by atoms with Crippen molar-refractivity contribution in [1.29, 1.82) is 0 Å². The molecule has 2 aromatic rings. The highest BCUT2D eigenvalue weighted by Crippen LogP contribution is 2.16. The van der Waals surface area contributed by atoms with Crippen LogP contribution in [0.4, 0.5) is 0 Å². The second-order valence-corrected chi connectivity index (χ2v) is 7.65. The fraction of sp³-hybridized carbons (Fsp3) is 0.440. The number of nitrogens with one attached hydrogen (secondary N) is 1. The highest BCUT2D eigenvalue weighted by molar-refractivity contribution is 5.88. The van der Waals surface area contributed by atoms with Gasteiger partial charge < -0.3 is 19.7 Å². The molecule has 0 bridgehead atoms. The Kier molecular flexibility index (Phi) is 9.38. The molecule has 2 amide bonds. The van der Waals surface area contributed by atoms with Gasteiger partial charge in [-0.15, -0.1) is 0 Å². The molecule has 2 rings (SSSR count). The lowest BCUT2D eigenvalue weighted by atomic mass is 10.1. The number of rotatable bonds is 11. The smallest absolute Gasteiger partial charge is 0.261 e. The van der Waals surface area contributed by atoms with Gasteiger partial charge in [0.15, 0.2) is 6.61 Å². The number of carbonyl (C=O) groups excluding carboxylic acids is 2. The van der Waals surface area contributed by atoms with Crippen LogP contribution in [0.15, 0.2) is 48.5 Å². The first-order valence-corrected chi connectivity index (χ1v) is 10.8. The monoisotopic (exact) mass is 426 g/mol. The average Bonchev–Trinajstić information content (AvgIpc) is 2.81. The molecule has 31 heavy (non-hydrogen) atoms. The van der Waals surface area contributed by atoms with E-state index in [0.717, 1.165) is 24.2 Å². The molecule has 0 fully saturated rings. The van der Waals surface area contributed by atoms with E-state index in [4.69, 9.17) is 9.47 Å². The molecule has 0 spiro atoms. The normalized spacial score (nSPS) is 12.5. The Morgan fingerprint density at radius 1 is 0.935 bits per heavy atom. The highest BCUT2D eigenvalue weighted by atomic mass is 16.5. The van der Waals surface area contributed by atoms with E-state index in [1.807, 2.05) is 62.4 Å². The van der Waals surface area contributed by atoms with Crippen molar-refractivity contribution in [3.05, 3.63) is 59.7 Å². The SMILES string of the molecule is CCc1ccc(OCC(=O)N(Cc2ccc(OC)cc2)[C@H](C)C(=O)N[C@H](C)CC)cc1. The van der Waals surface area contributed by atoms with Crippen LogP contribution in [-0.2, 0) is 22.6 Å². The lowest BCUT2D eigenvalue weighted by Crippen LogP contribution is -2.50. The Balaban J connectivity index is 2.13. The highest BCUT2D eigenvalue weighted by Gasteiger charge is 2.27. The van der Waals surface area contributed by atoms with Gasteiger partial charge in [0.05, 0.1) is 7.11 Å². The van der Waals surface area contributed by atoms with Gasteiger partial charge in [-0.2, -0.15) is 0 Å². The van der Waals surface area contributed by atoms with Crippen LogP contribution < -0.4 is 14.8 Å². The van der Waals surface area contributed by atoms with E-state index < -0.39 is 6.04 Å². The van der Waals surface area contributed by atoms with E-state index in [1.165, 1.54) is 5.56 Å². The summed E-state index contributed by atoms with van der Waals surface area (Å²) in [5.41, 5.74) is 2.11. The first-order chi connectivity index (χ1) is 14.9. The van der Waals surface area contributed by atoms with Crippen molar-refractivity contribution in [3.63, 3.8) is 0 Å². The summed E-state index contributed by atoms with van der Waals surface area (Å²) in [5.74, 6) is 0.945. The topological polar surface area (TPSA) is 67.9 Å². The summed E-state index contributed by atoms with van der Waals surface area (Å²) in [5, 5.41) is 2.96. The average molecular weight is 427 g/mol. The maximum absolute atomic E-state index is 13.1. The van der Waals surface area contributed by atoms with Gasteiger partial charge in [0.1, 0.15) is 17.5 Å². The first-order valence-electron chi connectivity index (χ1n) is 10.8. The third-order valence-corrected chi connectivity index (χ3v) is 5.37. The first kappa shape index (κ1) is 24.3. The molecule has 168 valence electrons. The predicted octanol–water partition coefficient (Wildman–Crippen LogP) is 3.97. The molecule has 0 aliphatic rings. The van der Waals surface area contributed by atoms with Crippen molar-refractivity contribution in [2.45, 2.75) is 59.2 Å². The minimum absolute atomic E-state index is 0.0428. The molecule has 0 saturated carbocycles. The summed E-state index contributed by atoms with van der Waals surface area (Å²) in [6.45, 7) is 7.95. The molecule has 6 nitrogen and oxygen atoms in total. The molecule has 2 aromatic carbocycles. The third-order valence-electron chi connectivity index (χ3n) is 5.37. The fourth-order valence-electron chi connectivity index (χ4n) is 3.03. The van der Waals surface area contributed by atoms with Crippen molar-refractivity contribution in [2.75, 3.05) is 13.7 Å². The maximum atomic E-state index is 13.1. The van der Waals surface area contributed by atoms with Crippen LogP contribution in [0.1, 0.15) is 45.2 Å². The van der Waals surface area contributed by atoms with Crippen molar-refractivity contribution >= 4 is 11.8 Å². The van der Waals surface area contributed by atoms with Crippen molar-refractivity contribution in [3.8, 4) is 11.5 Å². The number of methoxy groups -OCH3 is 1. The van der Waals surface area contributed by atoms with Gasteiger partial charge in [-0.05, 0) is 62.1 Å². The predicted molar refractivity (Wildman–Crippen MR) is 122 cm³/mol. The van der Waals surface area contributed by atoms with Crippen LogP contribution in [-0.4, -0.2) is 42.5 Å². The Bertz CT molecular complexity index is 834. The van der Waals surface area contributed by atoms with E-state index in [-0.39, 0.29) is 24.5 Å². The van der Waals surface area contributed by atoms with Gasteiger partial charge in [-0.3, -0.25) is 9.59 Å². The number of carbonyl (C=O) groups is 2. The largest absolute Gasteiger partial charge is 0.497 e. The Hall–Kier alpha value is -3.02. The number of hydrogen-bond donors (Lipinski definition) is 1. The molecule has 0 aromatic heterocycles. The van der Waals surface area contributed by atoms with Crippen LogP contribution in [0.5, 0.6) is 11.5 Å². The lowest BCUT2D eigenvalue weighted by molar-refractivity contribution is -0.142. The van der Waals surface area contributed by atoms with Gasteiger partial charge >= 0.3 is 0 Å². The zero-order valence-corrected chi connectivity index (χ0v) is 19.2.